The number of ketones is 1. The van der Waals surface area contributed by atoms with Crippen LogP contribution in [0.25, 0.3) is 0 Å². The topological polar surface area (TPSA) is 193 Å². The molecule has 0 saturated heterocycles. The first kappa shape index (κ1) is 39.9. The van der Waals surface area contributed by atoms with Crippen LogP contribution in [0, 0.1) is 6.92 Å². The normalized spacial score (nSPS) is 22.5. The van der Waals surface area contributed by atoms with E-state index in [1.807, 2.05) is 26.0 Å². The third kappa shape index (κ3) is 8.25. The van der Waals surface area contributed by atoms with Gasteiger partial charge in [0.15, 0.2) is 0 Å². The van der Waals surface area contributed by atoms with Crippen LogP contribution in [0.2, 0.25) is 0 Å². The number of benzene rings is 2. The average molecular weight is 729 g/mol. The third-order valence-electron chi connectivity index (χ3n) is 9.99. The van der Waals surface area contributed by atoms with Crippen LogP contribution in [-0.2, 0) is 35.3 Å². The third-order valence-corrected chi connectivity index (χ3v) is 10.8. The Labute approximate surface area is 334 Å². The molecule has 13 heteroatoms. The van der Waals surface area contributed by atoms with E-state index in [1.165, 1.54) is 24.3 Å². The van der Waals surface area contributed by atoms with Gasteiger partial charge in [-0.05, 0) is 94.0 Å². The monoisotopic (exact) mass is 728 g/mol. The minimum absolute atomic E-state index is 0. The van der Waals surface area contributed by atoms with Gasteiger partial charge in [-0.25, -0.2) is 8.42 Å². The Kier molecular flexibility index (Phi) is 12.6. The number of aliphatic carboxylic acids is 2. The fraction of sp³-hybridized carbons (Fsp3) is 0.405. The molecule has 0 bridgehead atoms. The number of carbonyl (C=O) groups is 3. The number of aliphatic hydroxyl groups is 1. The van der Waals surface area contributed by atoms with Gasteiger partial charge in [0, 0.05) is 35.1 Å². The quantitative estimate of drug-likeness (QED) is 0.0905. The number of fused-ring (bicyclic) bond motifs is 2. The number of aryl methyl sites for hydroxylation is 1. The van der Waals surface area contributed by atoms with Crippen LogP contribution in [0.3, 0.4) is 0 Å². The number of aliphatic imine (C=N–C) groups is 1. The van der Waals surface area contributed by atoms with Crippen LogP contribution < -0.4 is 56.7 Å². The maximum Gasteiger partial charge on any atom is 1.00 e. The number of Topliss-reactive ketones (excluding diaryl/α,β-unsaturated/α-hetero) is 1. The van der Waals surface area contributed by atoms with E-state index in [0.29, 0.717) is 55.5 Å². The summed E-state index contributed by atoms with van der Waals surface area (Å²) < 4.78 is 35.6. The minimum Gasteiger partial charge on any atom is -0.744 e. The molecule has 2 aromatic rings. The Bertz CT molecular complexity index is 1960. The van der Waals surface area contributed by atoms with Gasteiger partial charge in [0.1, 0.15) is 15.9 Å². The van der Waals surface area contributed by atoms with Gasteiger partial charge in [0.05, 0.1) is 27.4 Å². The molecule has 2 heterocycles. The Morgan fingerprint density at radius 1 is 0.880 bits per heavy atom. The molecule has 5 rings (SSSR count). The van der Waals surface area contributed by atoms with E-state index in [2.05, 4.69) is 18.3 Å². The summed E-state index contributed by atoms with van der Waals surface area (Å²) in [6.07, 6.45) is 8.17. The number of nitrogens with one attached hydrogen (secondary N) is 1. The van der Waals surface area contributed by atoms with Crippen LogP contribution in [0.1, 0.15) is 94.7 Å². The molecule has 1 aliphatic carbocycles. The summed E-state index contributed by atoms with van der Waals surface area (Å²) in [5, 5.41) is 32.7. The second-order valence-electron chi connectivity index (χ2n) is 13.6. The number of aliphatic hydroxyl groups excluding tert-OH is 1. The molecule has 11 nitrogen and oxygen atoms in total. The Morgan fingerprint density at radius 3 is 2.08 bits per heavy atom. The molecular weight excluding hydrogens is 688 g/mol. The predicted molar refractivity (Wildman–Crippen MR) is 183 cm³/mol. The average Bonchev–Trinajstić information content (AvgIpc) is 3.46. The molecule has 0 aromatic heterocycles. The summed E-state index contributed by atoms with van der Waals surface area (Å²) >= 11 is 0. The molecule has 0 spiro atoms. The fourth-order valence-corrected chi connectivity index (χ4v) is 7.52. The number of carboxylic acids is 2. The molecule has 0 saturated carbocycles. The largest absolute Gasteiger partial charge is 1.00 e. The van der Waals surface area contributed by atoms with Gasteiger partial charge in [-0.3, -0.25) is 19.4 Å². The van der Waals surface area contributed by atoms with E-state index >= 15 is 0 Å². The van der Waals surface area contributed by atoms with Crippen molar-refractivity contribution >= 4 is 44.9 Å². The molecule has 0 fully saturated rings. The van der Waals surface area contributed by atoms with Crippen molar-refractivity contribution in [2.45, 2.75) is 101 Å². The number of unbranched alkanes of at least 4 members (excludes halogenated alkanes) is 4. The van der Waals surface area contributed by atoms with E-state index in [4.69, 9.17) is 15.2 Å². The van der Waals surface area contributed by atoms with E-state index in [0.717, 1.165) is 35.4 Å². The van der Waals surface area contributed by atoms with Crippen molar-refractivity contribution in [2.24, 2.45) is 4.99 Å². The Balaban J connectivity index is 0.00000562. The second-order valence-corrected chi connectivity index (χ2v) is 15.0. The number of anilines is 1. The summed E-state index contributed by atoms with van der Waals surface area (Å²) in [5.74, 6) is -2.30. The van der Waals surface area contributed by atoms with Crippen molar-refractivity contribution in [3.63, 3.8) is 0 Å². The van der Waals surface area contributed by atoms with Crippen molar-refractivity contribution in [2.75, 3.05) is 5.32 Å². The van der Waals surface area contributed by atoms with Gasteiger partial charge < -0.3 is 25.2 Å². The molecule has 2 atom stereocenters. The minimum atomic E-state index is -4.75. The van der Waals surface area contributed by atoms with Crippen LogP contribution in [0.5, 0.6) is 0 Å². The SMILES string of the molecule is Cc1ccc2c(c1)C(C)(CCCCCC(=O)O)C(=CC1=C(O)C(=CC3=Nc4ccc(S(=O)(=O)[O-])cc4C3(C)CCCCCC(=O)O)C1=O)N2.[K+]. The van der Waals surface area contributed by atoms with Crippen molar-refractivity contribution in [3.8, 4) is 0 Å². The predicted octanol–water partition coefficient (Wildman–Crippen LogP) is 3.91. The van der Waals surface area contributed by atoms with Crippen LogP contribution >= 0.6 is 0 Å². The number of nitrogens with zero attached hydrogens (tertiary/aromatic N) is 1. The fourth-order valence-electron chi connectivity index (χ4n) is 7.03. The zero-order valence-electron chi connectivity index (χ0n) is 28.8. The van der Waals surface area contributed by atoms with Gasteiger partial charge in [0.2, 0.25) is 5.78 Å². The van der Waals surface area contributed by atoms with Crippen LogP contribution in [-0.4, -0.2) is 51.7 Å². The number of hydrogen-bond acceptors (Lipinski definition) is 9. The molecule has 0 radical (unpaired) electrons. The van der Waals surface area contributed by atoms with Crippen molar-refractivity contribution in [1.82, 2.24) is 0 Å². The summed E-state index contributed by atoms with van der Waals surface area (Å²) in [7, 11) is -4.75. The molecule has 2 unspecified atom stereocenters. The first-order valence-corrected chi connectivity index (χ1v) is 17.9. The zero-order chi connectivity index (χ0) is 35.7. The van der Waals surface area contributed by atoms with Crippen LogP contribution in [0.15, 0.2) is 81.0 Å². The first-order chi connectivity index (χ1) is 23.0. The summed E-state index contributed by atoms with van der Waals surface area (Å²) in [4.78, 5) is 39.9. The summed E-state index contributed by atoms with van der Waals surface area (Å²) in [5.41, 5.74) is 3.98. The molecule has 260 valence electrons. The molecule has 4 N–H and O–H groups in total. The van der Waals surface area contributed by atoms with Crippen molar-refractivity contribution in [1.29, 1.82) is 0 Å². The molecule has 2 aliphatic heterocycles. The van der Waals surface area contributed by atoms with Gasteiger partial charge in [-0.15, -0.1) is 0 Å². The number of hydrogen-bond donors (Lipinski definition) is 4. The van der Waals surface area contributed by atoms with Crippen LogP contribution in [0.4, 0.5) is 11.4 Å². The Hall–Kier alpha value is -2.91. The van der Waals surface area contributed by atoms with E-state index < -0.39 is 37.8 Å². The maximum atomic E-state index is 13.6. The van der Waals surface area contributed by atoms with Crippen molar-refractivity contribution in [3.05, 3.63) is 87.8 Å². The molecule has 0 amide bonds. The number of rotatable bonds is 15. The molecule has 3 aliphatic rings. The first-order valence-electron chi connectivity index (χ1n) is 16.5. The maximum absolute atomic E-state index is 13.6. The molecular formula is C37H41KN2O9S. The van der Waals surface area contributed by atoms with Gasteiger partial charge >= 0.3 is 63.3 Å². The van der Waals surface area contributed by atoms with E-state index in [9.17, 15) is 32.5 Å². The summed E-state index contributed by atoms with van der Waals surface area (Å²) in [6.45, 7) is 5.92. The van der Waals surface area contributed by atoms with Gasteiger partial charge in [0.25, 0.3) is 0 Å². The van der Waals surface area contributed by atoms with E-state index in [-0.39, 0.29) is 86.9 Å². The van der Waals surface area contributed by atoms with Crippen molar-refractivity contribution < 1.29 is 94.1 Å². The second kappa shape index (κ2) is 15.8. The molecule has 2 aromatic carbocycles. The standard InChI is InChI=1S/C37H42N2O9S.K/c1-22-12-14-28-26(18-22)36(2,16-8-4-6-10-32(40)41)30(38-28)20-24-34(44)25(35(24)45)21-31-37(3,17-9-5-7-11-33(42)43)27-19-23(49(46,47)48)13-15-29(27)39-31;/h12-15,18-21,38,44H,4-11,16-17H2,1-3H3,(H,40,41)(H,42,43)(H,46,47,48);/q;+1/p-1. The van der Waals surface area contributed by atoms with Gasteiger partial charge in [-0.2, -0.15) is 0 Å². The Morgan fingerprint density at radius 2 is 1.50 bits per heavy atom. The number of allylic oxidation sites excluding steroid dienone is 5. The number of carboxylic acid groups (broad SMARTS) is 2. The summed E-state index contributed by atoms with van der Waals surface area (Å²) in [6, 6.07) is 10.0. The number of carbonyl (C=O) groups excluding carboxylic acids is 1. The van der Waals surface area contributed by atoms with Gasteiger partial charge in [-0.1, -0.05) is 43.4 Å². The van der Waals surface area contributed by atoms with E-state index in [1.54, 1.807) is 6.08 Å². The smallest absolute Gasteiger partial charge is 0.744 e. The molecule has 50 heavy (non-hydrogen) atoms. The zero-order valence-corrected chi connectivity index (χ0v) is 32.8.